The monoisotopic (exact) mass is 251 g/mol. The van der Waals surface area contributed by atoms with E-state index in [-0.39, 0.29) is 30.2 Å². The maximum atomic E-state index is 12.7. The third-order valence-corrected chi connectivity index (χ3v) is 3.46. The highest BCUT2D eigenvalue weighted by atomic mass is 19.1. The molecule has 4 heteroatoms. The van der Waals surface area contributed by atoms with Crippen molar-refractivity contribution in [2.24, 2.45) is 5.92 Å². The molecule has 1 saturated carbocycles. The number of rotatable bonds is 4. The molecule has 2 rings (SSSR count). The van der Waals surface area contributed by atoms with Crippen LogP contribution in [0.5, 0.6) is 0 Å². The number of halogens is 1. The molecule has 1 aromatic carbocycles. The molecule has 2 N–H and O–H groups in total. The number of nitrogens with one attached hydrogen (secondary N) is 1. The lowest BCUT2D eigenvalue weighted by Crippen LogP contribution is -2.33. The molecule has 2 unspecified atom stereocenters. The van der Waals surface area contributed by atoms with Gasteiger partial charge >= 0.3 is 0 Å². The van der Waals surface area contributed by atoms with Crippen LogP contribution in [0.4, 0.5) is 4.39 Å². The first-order chi connectivity index (χ1) is 8.65. The number of amides is 1. The van der Waals surface area contributed by atoms with E-state index < -0.39 is 0 Å². The Morgan fingerprint density at radius 1 is 1.33 bits per heavy atom. The Balaban J connectivity index is 1.76. The topological polar surface area (TPSA) is 49.3 Å². The van der Waals surface area contributed by atoms with Crippen molar-refractivity contribution in [2.75, 3.05) is 6.54 Å². The van der Waals surface area contributed by atoms with Gasteiger partial charge in [-0.2, -0.15) is 0 Å². The van der Waals surface area contributed by atoms with Gasteiger partial charge in [-0.15, -0.1) is 0 Å². The molecule has 1 fully saturated rings. The normalized spacial score (nSPS) is 23.0. The van der Waals surface area contributed by atoms with Crippen molar-refractivity contribution in [3.63, 3.8) is 0 Å². The third kappa shape index (κ3) is 3.53. The predicted molar refractivity (Wildman–Crippen MR) is 66.5 cm³/mol. The second-order valence-corrected chi connectivity index (χ2v) is 4.87. The fraction of sp³-hybridized carbons (Fsp3) is 0.500. The zero-order valence-corrected chi connectivity index (χ0v) is 10.2. The lowest BCUT2D eigenvalue weighted by Gasteiger charge is -2.15. The van der Waals surface area contributed by atoms with Gasteiger partial charge in [0.05, 0.1) is 12.5 Å². The Morgan fingerprint density at radius 2 is 2.06 bits per heavy atom. The molecular weight excluding hydrogens is 233 g/mol. The summed E-state index contributed by atoms with van der Waals surface area (Å²) < 4.78 is 12.7. The van der Waals surface area contributed by atoms with Crippen molar-refractivity contribution in [3.05, 3.63) is 35.6 Å². The zero-order chi connectivity index (χ0) is 13.0. The Morgan fingerprint density at radius 3 is 2.67 bits per heavy atom. The van der Waals surface area contributed by atoms with Gasteiger partial charge in [-0.3, -0.25) is 4.79 Å². The Bertz CT molecular complexity index is 405. The van der Waals surface area contributed by atoms with Gasteiger partial charge in [0.1, 0.15) is 5.82 Å². The van der Waals surface area contributed by atoms with Crippen LogP contribution in [-0.4, -0.2) is 23.7 Å². The summed E-state index contributed by atoms with van der Waals surface area (Å²) in [5.74, 6) is -0.198. The number of aliphatic hydroxyl groups is 1. The summed E-state index contributed by atoms with van der Waals surface area (Å²) in [6, 6.07) is 5.92. The van der Waals surface area contributed by atoms with Crippen LogP contribution in [0.3, 0.4) is 0 Å². The van der Waals surface area contributed by atoms with Crippen LogP contribution >= 0.6 is 0 Å². The molecule has 1 aliphatic carbocycles. The molecule has 0 radical (unpaired) electrons. The molecule has 0 aliphatic heterocycles. The van der Waals surface area contributed by atoms with Crippen LogP contribution in [0.1, 0.15) is 24.8 Å². The Hall–Kier alpha value is -1.42. The van der Waals surface area contributed by atoms with E-state index in [1.54, 1.807) is 12.1 Å². The van der Waals surface area contributed by atoms with E-state index >= 15 is 0 Å². The van der Waals surface area contributed by atoms with Gasteiger partial charge in [0.15, 0.2) is 0 Å². The first kappa shape index (κ1) is 13.0. The zero-order valence-electron chi connectivity index (χ0n) is 10.2. The second-order valence-electron chi connectivity index (χ2n) is 4.87. The Labute approximate surface area is 106 Å². The molecule has 0 spiro atoms. The fourth-order valence-corrected chi connectivity index (χ4v) is 2.35. The van der Waals surface area contributed by atoms with E-state index in [2.05, 4.69) is 5.32 Å². The second kappa shape index (κ2) is 5.96. The molecule has 98 valence electrons. The van der Waals surface area contributed by atoms with Crippen molar-refractivity contribution in [1.29, 1.82) is 0 Å². The van der Waals surface area contributed by atoms with Gasteiger partial charge in [-0.05, 0) is 30.5 Å². The van der Waals surface area contributed by atoms with E-state index in [0.29, 0.717) is 6.54 Å². The van der Waals surface area contributed by atoms with Gasteiger partial charge in [0.25, 0.3) is 0 Å². The molecular formula is C14H18FNO2. The molecule has 0 saturated heterocycles. The fourth-order valence-electron chi connectivity index (χ4n) is 2.35. The average molecular weight is 251 g/mol. The van der Waals surface area contributed by atoms with Gasteiger partial charge in [0.2, 0.25) is 5.91 Å². The minimum absolute atomic E-state index is 0.0827. The maximum Gasteiger partial charge on any atom is 0.224 e. The maximum absolute atomic E-state index is 12.7. The van der Waals surface area contributed by atoms with Crippen LogP contribution in [-0.2, 0) is 11.2 Å². The van der Waals surface area contributed by atoms with Crippen molar-refractivity contribution in [3.8, 4) is 0 Å². The van der Waals surface area contributed by atoms with Crippen molar-refractivity contribution in [2.45, 2.75) is 31.8 Å². The highest BCUT2D eigenvalue weighted by molar-refractivity contribution is 5.78. The molecule has 1 amide bonds. The van der Waals surface area contributed by atoms with Gasteiger partial charge in [0, 0.05) is 12.5 Å². The molecule has 3 nitrogen and oxygen atoms in total. The highest BCUT2D eigenvalue weighted by Gasteiger charge is 2.25. The molecule has 0 bridgehead atoms. The quantitative estimate of drug-likeness (QED) is 0.854. The van der Waals surface area contributed by atoms with E-state index in [4.69, 9.17) is 0 Å². The predicted octanol–water partition coefficient (Wildman–Crippen LogP) is 1.65. The number of benzene rings is 1. The van der Waals surface area contributed by atoms with E-state index in [1.807, 2.05) is 0 Å². The summed E-state index contributed by atoms with van der Waals surface area (Å²) in [4.78, 5) is 11.7. The van der Waals surface area contributed by atoms with Gasteiger partial charge in [-0.25, -0.2) is 4.39 Å². The minimum atomic E-state index is -0.298. The van der Waals surface area contributed by atoms with Crippen molar-refractivity contribution < 1.29 is 14.3 Å². The van der Waals surface area contributed by atoms with Crippen LogP contribution < -0.4 is 5.32 Å². The number of carbonyl (C=O) groups is 1. The summed E-state index contributed by atoms with van der Waals surface area (Å²) >= 11 is 0. The van der Waals surface area contributed by atoms with Crippen LogP contribution in [0.2, 0.25) is 0 Å². The van der Waals surface area contributed by atoms with Crippen LogP contribution in [0.25, 0.3) is 0 Å². The molecule has 1 aromatic rings. The minimum Gasteiger partial charge on any atom is -0.393 e. The number of carbonyl (C=O) groups excluding carboxylic acids is 1. The van der Waals surface area contributed by atoms with Crippen LogP contribution in [0.15, 0.2) is 24.3 Å². The largest absolute Gasteiger partial charge is 0.393 e. The summed E-state index contributed by atoms with van der Waals surface area (Å²) in [6.07, 6.45) is 2.80. The van der Waals surface area contributed by atoms with Crippen LogP contribution in [0, 0.1) is 11.7 Å². The smallest absolute Gasteiger partial charge is 0.224 e. The highest BCUT2D eigenvalue weighted by Crippen LogP contribution is 2.24. The van der Waals surface area contributed by atoms with Crippen molar-refractivity contribution >= 4 is 5.91 Å². The third-order valence-electron chi connectivity index (χ3n) is 3.46. The molecule has 0 aromatic heterocycles. The SMILES string of the molecule is O=C(Cc1ccc(F)cc1)NCC1CCCC1O. The number of hydrogen-bond donors (Lipinski definition) is 2. The summed E-state index contributed by atoms with van der Waals surface area (Å²) in [6.45, 7) is 0.529. The molecule has 1 aliphatic rings. The van der Waals surface area contributed by atoms with Gasteiger partial charge in [-0.1, -0.05) is 18.6 Å². The standard InChI is InChI=1S/C14H18FNO2/c15-12-6-4-10(5-7-12)8-14(18)16-9-11-2-1-3-13(11)17/h4-7,11,13,17H,1-3,8-9H2,(H,16,18). The lowest BCUT2D eigenvalue weighted by atomic mass is 10.1. The number of aliphatic hydroxyl groups excluding tert-OH is 1. The molecule has 18 heavy (non-hydrogen) atoms. The summed E-state index contributed by atoms with van der Waals surface area (Å²) in [7, 11) is 0. The molecule has 2 atom stereocenters. The summed E-state index contributed by atoms with van der Waals surface area (Å²) in [5.41, 5.74) is 0.792. The van der Waals surface area contributed by atoms with E-state index in [9.17, 15) is 14.3 Å². The van der Waals surface area contributed by atoms with E-state index in [0.717, 1.165) is 24.8 Å². The average Bonchev–Trinajstić information content (AvgIpc) is 2.75. The lowest BCUT2D eigenvalue weighted by molar-refractivity contribution is -0.120. The van der Waals surface area contributed by atoms with E-state index in [1.165, 1.54) is 12.1 Å². The first-order valence-corrected chi connectivity index (χ1v) is 6.34. The number of hydrogen-bond acceptors (Lipinski definition) is 2. The summed E-state index contributed by atoms with van der Waals surface area (Å²) in [5, 5.41) is 12.5. The van der Waals surface area contributed by atoms with Gasteiger partial charge < -0.3 is 10.4 Å². The Kier molecular flexibility index (Phi) is 4.31. The first-order valence-electron chi connectivity index (χ1n) is 6.34. The van der Waals surface area contributed by atoms with Crippen molar-refractivity contribution in [1.82, 2.24) is 5.32 Å². The molecule has 0 heterocycles.